The third-order valence-corrected chi connectivity index (χ3v) is 3.87. The van der Waals surface area contributed by atoms with Crippen molar-refractivity contribution in [2.24, 2.45) is 11.8 Å². The number of hydrogen-bond acceptors (Lipinski definition) is 5. The molecule has 126 valence electrons. The number of esters is 1. The van der Waals surface area contributed by atoms with Crippen LogP contribution in [-0.2, 0) is 25.6 Å². The number of nitrogens with zero attached hydrogens (tertiary/aromatic N) is 1. The zero-order chi connectivity index (χ0) is 16.7. The Kier molecular flexibility index (Phi) is 6.40. The molecule has 2 rings (SSSR count). The van der Waals surface area contributed by atoms with Gasteiger partial charge in [0, 0.05) is 26.1 Å². The highest BCUT2D eigenvalue weighted by atomic mass is 16.6. The Morgan fingerprint density at radius 3 is 2.57 bits per heavy atom. The standard InChI is InChI=1S/C17H23NO5/c1-3-22-16(19)15-10-18(9-14(15)12-21-2)17(20)23-11-13-7-5-4-6-8-13/h4-8,14-15H,3,9-12H2,1-2H3. The second kappa shape index (κ2) is 8.53. The van der Waals surface area contributed by atoms with Crippen LogP contribution in [-0.4, -0.2) is 50.4 Å². The van der Waals surface area contributed by atoms with E-state index in [0.29, 0.717) is 26.3 Å². The third kappa shape index (κ3) is 4.69. The van der Waals surface area contributed by atoms with Crippen molar-refractivity contribution in [1.82, 2.24) is 4.90 Å². The summed E-state index contributed by atoms with van der Waals surface area (Å²) in [4.78, 5) is 25.8. The fourth-order valence-electron chi connectivity index (χ4n) is 2.73. The SMILES string of the molecule is CCOC(=O)C1CN(C(=O)OCc2ccccc2)CC1COC. The molecule has 0 bridgehead atoms. The quantitative estimate of drug-likeness (QED) is 0.751. The molecule has 0 radical (unpaired) electrons. The number of carbonyl (C=O) groups excluding carboxylic acids is 2. The van der Waals surface area contributed by atoms with Gasteiger partial charge in [-0.3, -0.25) is 4.79 Å². The Hall–Kier alpha value is -2.08. The molecule has 6 nitrogen and oxygen atoms in total. The van der Waals surface area contributed by atoms with E-state index in [2.05, 4.69) is 0 Å². The second-order valence-electron chi connectivity index (χ2n) is 5.52. The first-order valence-corrected chi connectivity index (χ1v) is 7.76. The van der Waals surface area contributed by atoms with Crippen LogP contribution in [0.2, 0.25) is 0 Å². The zero-order valence-corrected chi connectivity index (χ0v) is 13.6. The van der Waals surface area contributed by atoms with E-state index in [-0.39, 0.29) is 24.4 Å². The number of hydrogen-bond donors (Lipinski definition) is 0. The Morgan fingerprint density at radius 2 is 1.91 bits per heavy atom. The predicted octanol–water partition coefficient (Wildman–Crippen LogP) is 2.08. The van der Waals surface area contributed by atoms with Gasteiger partial charge in [-0.05, 0) is 12.5 Å². The average Bonchev–Trinajstić information content (AvgIpc) is 2.98. The van der Waals surface area contributed by atoms with Crippen LogP contribution in [0.25, 0.3) is 0 Å². The van der Waals surface area contributed by atoms with Crippen molar-refractivity contribution in [3.63, 3.8) is 0 Å². The van der Waals surface area contributed by atoms with Crippen molar-refractivity contribution >= 4 is 12.1 Å². The topological polar surface area (TPSA) is 65.1 Å². The van der Waals surface area contributed by atoms with E-state index in [1.165, 1.54) is 0 Å². The van der Waals surface area contributed by atoms with E-state index >= 15 is 0 Å². The molecule has 1 aliphatic heterocycles. The molecule has 1 aromatic carbocycles. The molecule has 1 heterocycles. The van der Waals surface area contributed by atoms with Crippen LogP contribution in [0.5, 0.6) is 0 Å². The Morgan fingerprint density at radius 1 is 1.17 bits per heavy atom. The summed E-state index contributed by atoms with van der Waals surface area (Å²) in [6.45, 7) is 3.46. The highest BCUT2D eigenvalue weighted by molar-refractivity contribution is 5.76. The number of methoxy groups -OCH3 is 1. The molecule has 2 atom stereocenters. The minimum absolute atomic E-state index is 0.0664. The van der Waals surface area contributed by atoms with Gasteiger partial charge in [0.25, 0.3) is 0 Å². The fraction of sp³-hybridized carbons (Fsp3) is 0.529. The highest BCUT2D eigenvalue weighted by Crippen LogP contribution is 2.26. The van der Waals surface area contributed by atoms with Crippen LogP contribution >= 0.6 is 0 Å². The van der Waals surface area contributed by atoms with Gasteiger partial charge in [-0.25, -0.2) is 4.79 Å². The maximum Gasteiger partial charge on any atom is 0.410 e. The molecule has 6 heteroatoms. The van der Waals surface area contributed by atoms with Gasteiger partial charge in [-0.15, -0.1) is 0 Å². The first kappa shape index (κ1) is 17.3. The minimum Gasteiger partial charge on any atom is -0.466 e. The lowest BCUT2D eigenvalue weighted by Gasteiger charge is -2.16. The van der Waals surface area contributed by atoms with Crippen molar-refractivity contribution in [1.29, 1.82) is 0 Å². The number of carbonyl (C=O) groups is 2. The van der Waals surface area contributed by atoms with Gasteiger partial charge in [0.15, 0.2) is 0 Å². The number of amides is 1. The molecule has 0 N–H and O–H groups in total. The molecule has 0 spiro atoms. The van der Waals surface area contributed by atoms with Gasteiger partial charge in [0.05, 0.1) is 19.1 Å². The number of ether oxygens (including phenoxy) is 3. The van der Waals surface area contributed by atoms with E-state index in [9.17, 15) is 9.59 Å². The van der Waals surface area contributed by atoms with Gasteiger partial charge in [0.1, 0.15) is 6.61 Å². The maximum absolute atomic E-state index is 12.2. The lowest BCUT2D eigenvalue weighted by Crippen LogP contribution is -2.30. The molecule has 0 saturated carbocycles. The average molecular weight is 321 g/mol. The summed E-state index contributed by atoms with van der Waals surface area (Å²) >= 11 is 0. The second-order valence-corrected chi connectivity index (χ2v) is 5.52. The Balaban J connectivity index is 1.91. The fourth-order valence-corrected chi connectivity index (χ4v) is 2.73. The monoisotopic (exact) mass is 321 g/mol. The van der Waals surface area contributed by atoms with E-state index in [1.807, 2.05) is 30.3 Å². The number of benzene rings is 1. The largest absolute Gasteiger partial charge is 0.466 e. The Bertz CT molecular complexity index is 519. The van der Waals surface area contributed by atoms with Crippen molar-refractivity contribution in [3.8, 4) is 0 Å². The molecular weight excluding hydrogens is 298 g/mol. The van der Waals surface area contributed by atoms with E-state index < -0.39 is 6.09 Å². The van der Waals surface area contributed by atoms with Gasteiger partial charge in [0.2, 0.25) is 0 Å². The molecule has 0 aromatic heterocycles. The van der Waals surface area contributed by atoms with Crippen LogP contribution in [0.1, 0.15) is 12.5 Å². The van der Waals surface area contributed by atoms with Gasteiger partial charge >= 0.3 is 12.1 Å². The van der Waals surface area contributed by atoms with E-state index in [1.54, 1.807) is 18.9 Å². The molecule has 23 heavy (non-hydrogen) atoms. The highest BCUT2D eigenvalue weighted by Gasteiger charge is 2.41. The smallest absolute Gasteiger partial charge is 0.410 e. The van der Waals surface area contributed by atoms with Crippen molar-refractivity contribution in [2.45, 2.75) is 13.5 Å². The van der Waals surface area contributed by atoms with Crippen LogP contribution in [0.4, 0.5) is 4.79 Å². The Labute approximate surface area is 136 Å². The summed E-state index contributed by atoms with van der Waals surface area (Å²) in [7, 11) is 1.58. The lowest BCUT2D eigenvalue weighted by molar-refractivity contribution is -0.149. The molecular formula is C17H23NO5. The van der Waals surface area contributed by atoms with Crippen LogP contribution in [0, 0.1) is 11.8 Å². The summed E-state index contributed by atoms with van der Waals surface area (Å²) in [5, 5.41) is 0. The molecule has 1 saturated heterocycles. The first-order chi connectivity index (χ1) is 11.2. The summed E-state index contributed by atoms with van der Waals surface area (Å²) < 4.78 is 15.6. The van der Waals surface area contributed by atoms with Crippen molar-refractivity contribution in [3.05, 3.63) is 35.9 Å². The summed E-state index contributed by atoms with van der Waals surface area (Å²) in [6, 6.07) is 9.48. The molecule has 1 fully saturated rings. The molecule has 0 aliphatic carbocycles. The summed E-state index contributed by atoms with van der Waals surface area (Å²) in [6.07, 6.45) is -0.415. The first-order valence-electron chi connectivity index (χ1n) is 7.76. The summed E-state index contributed by atoms with van der Waals surface area (Å²) in [5.74, 6) is -0.713. The van der Waals surface area contributed by atoms with Gasteiger partial charge < -0.3 is 19.1 Å². The van der Waals surface area contributed by atoms with Gasteiger partial charge in [-0.1, -0.05) is 30.3 Å². The zero-order valence-electron chi connectivity index (χ0n) is 13.6. The number of rotatable bonds is 6. The van der Waals surface area contributed by atoms with E-state index in [0.717, 1.165) is 5.56 Å². The third-order valence-electron chi connectivity index (χ3n) is 3.87. The van der Waals surface area contributed by atoms with Crippen LogP contribution in [0.15, 0.2) is 30.3 Å². The van der Waals surface area contributed by atoms with Crippen molar-refractivity contribution in [2.75, 3.05) is 33.4 Å². The molecule has 2 unspecified atom stereocenters. The van der Waals surface area contributed by atoms with Crippen LogP contribution < -0.4 is 0 Å². The number of likely N-dealkylation sites (tertiary alicyclic amines) is 1. The maximum atomic E-state index is 12.2. The van der Waals surface area contributed by atoms with Crippen molar-refractivity contribution < 1.29 is 23.8 Å². The van der Waals surface area contributed by atoms with Crippen LogP contribution in [0.3, 0.4) is 0 Å². The molecule has 1 aromatic rings. The lowest BCUT2D eigenvalue weighted by atomic mass is 9.97. The molecule has 1 amide bonds. The normalized spacial score (nSPS) is 20.3. The van der Waals surface area contributed by atoms with Gasteiger partial charge in [-0.2, -0.15) is 0 Å². The minimum atomic E-state index is -0.415. The summed E-state index contributed by atoms with van der Waals surface area (Å²) in [5.41, 5.74) is 0.926. The molecule has 1 aliphatic rings. The van der Waals surface area contributed by atoms with E-state index in [4.69, 9.17) is 14.2 Å². The predicted molar refractivity (Wildman–Crippen MR) is 83.7 cm³/mol.